The van der Waals surface area contributed by atoms with Crippen molar-refractivity contribution >= 4 is 27.6 Å². The molecule has 1 aromatic carbocycles. The molecule has 1 aliphatic heterocycles. The maximum absolute atomic E-state index is 5.26. The number of hydrogen-bond donors (Lipinski definition) is 0. The summed E-state index contributed by atoms with van der Waals surface area (Å²) in [4.78, 5) is 14.3. The van der Waals surface area contributed by atoms with Crippen LogP contribution in [0.25, 0.3) is 21.5 Å². The van der Waals surface area contributed by atoms with Crippen molar-refractivity contribution in [1.29, 1.82) is 0 Å². The summed E-state index contributed by atoms with van der Waals surface area (Å²) >= 11 is 1.50. The number of nitrogens with zero attached hydrogens (tertiary/aromatic N) is 5. The molecule has 0 N–H and O–H groups in total. The SMILES string of the molecule is COc1ccc(-c2nsc3c(N4CCN(C5CCCC5)CC4)ncnc23)cc1. The van der Waals surface area contributed by atoms with E-state index in [0.29, 0.717) is 0 Å². The molecule has 0 spiro atoms. The lowest BCUT2D eigenvalue weighted by molar-refractivity contribution is 0.187. The Kier molecular flexibility index (Phi) is 4.86. The predicted molar refractivity (Wildman–Crippen MR) is 113 cm³/mol. The van der Waals surface area contributed by atoms with Crippen molar-refractivity contribution in [1.82, 2.24) is 19.2 Å². The standard InChI is InChI=1S/C21H25N5OS/c1-27-17-8-6-15(7-9-17)18-19-20(28-24-18)21(23-14-22-19)26-12-10-25(11-13-26)16-4-2-3-5-16/h6-9,14,16H,2-5,10-13H2,1H3. The van der Waals surface area contributed by atoms with Crippen LogP contribution in [-0.2, 0) is 0 Å². The summed E-state index contributed by atoms with van der Waals surface area (Å²) in [6, 6.07) is 8.80. The summed E-state index contributed by atoms with van der Waals surface area (Å²) in [5.74, 6) is 1.88. The first-order valence-electron chi connectivity index (χ1n) is 10.1. The summed E-state index contributed by atoms with van der Waals surface area (Å²) < 4.78 is 11.1. The van der Waals surface area contributed by atoms with Gasteiger partial charge >= 0.3 is 0 Å². The van der Waals surface area contributed by atoms with E-state index < -0.39 is 0 Å². The number of methoxy groups -OCH3 is 1. The molecule has 146 valence electrons. The van der Waals surface area contributed by atoms with Crippen LogP contribution in [0.4, 0.5) is 5.82 Å². The van der Waals surface area contributed by atoms with Crippen LogP contribution >= 0.6 is 11.5 Å². The Morgan fingerprint density at radius 1 is 1.00 bits per heavy atom. The van der Waals surface area contributed by atoms with Crippen LogP contribution in [0.15, 0.2) is 30.6 Å². The topological polar surface area (TPSA) is 54.4 Å². The smallest absolute Gasteiger partial charge is 0.151 e. The van der Waals surface area contributed by atoms with E-state index in [1.807, 2.05) is 24.3 Å². The highest BCUT2D eigenvalue weighted by atomic mass is 32.1. The molecule has 0 amide bonds. The molecule has 0 radical (unpaired) electrons. The molecular formula is C21H25N5OS. The van der Waals surface area contributed by atoms with E-state index >= 15 is 0 Å². The van der Waals surface area contributed by atoms with E-state index in [0.717, 1.165) is 65.3 Å². The molecular weight excluding hydrogens is 370 g/mol. The van der Waals surface area contributed by atoms with E-state index in [1.165, 1.54) is 37.2 Å². The third-order valence-electron chi connectivity index (χ3n) is 6.06. The molecule has 1 saturated carbocycles. The van der Waals surface area contributed by atoms with Gasteiger partial charge in [0.25, 0.3) is 0 Å². The minimum atomic E-state index is 0.803. The minimum Gasteiger partial charge on any atom is -0.497 e. The average molecular weight is 396 g/mol. The molecule has 1 aliphatic carbocycles. The lowest BCUT2D eigenvalue weighted by Gasteiger charge is -2.38. The summed E-state index contributed by atoms with van der Waals surface area (Å²) in [5.41, 5.74) is 2.93. The Hall–Kier alpha value is -2.25. The van der Waals surface area contributed by atoms with Gasteiger partial charge in [-0.05, 0) is 48.6 Å². The highest BCUT2D eigenvalue weighted by Crippen LogP contribution is 2.35. The van der Waals surface area contributed by atoms with Crippen LogP contribution in [0.5, 0.6) is 5.75 Å². The van der Waals surface area contributed by atoms with Crippen molar-refractivity contribution in [3.8, 4) is 17.0 Å². The van der Waals surface area contributed by atoms with Gasteiger partial charge in [-0.3, -0.25) is 4.90 Å². The fraction of sp³-hybridized carbons (Fsp3) is 0.476. The van der Waals surface area contributed by atoms with E-state index in [1.54, 1.807) is 13.4 Å². The van der Waals surface area contributed by atoms with Crippen molar-refractivity contribution in [2.45, 2.75) is 31.7 Å². The molecule has 6 nitrogen and oxygen atoms in total. The highest BCUT2D eigenvalue weighted by molar-refractivity contribution is 7.14. The highest BCUT2D eigenvalue weighted by Gasteiger charge is 2.27. The molecule has 7 heteroatoms. The number of hydrogen-bond acceptors (Lipinski definition) is 7. The lowest BCUT2D eigenvalue weighted by Crippen LogP contribution is -2.50. The van der Waals surface area contributed by atoms with Gasteiger partial charge < -0.3 is 9.64 Å². The first-order chi connectivity index (χ1) is 13.8. The van der Waals surface area contributed by atoms with Gasteiger partial charge in [0.15, 0.2) is 5.82 Å². The second-order valence-corrected chi connectivity index (χ2v) is 8.37. The van der Waals surface area contributed by atoms with Gasteiger partial charge in [-0.1, -0.05) is 12.8 Å². The number of rotatable bonds is 4. The van der Waals surface area contributed by atoms with Crippen LogP contribution < -0.4 is 9.64 Å². The Morgan fingerprint density at radius 2 is 1.75 bits per heavy atom. The van der Waals surface area contributed by atoms with Crippen LogP contribution in [0, 0.1) is 0 Å². The Labute approximate surface area is 169 Å². The Bertz CT molecular complexity index is 943. The van der Waals surface area contributed by atoms with Crippen molar-refractivity contribution in [2.75, 3.05) is 38.2 Å². The molecule has 1 saturated heterocycles. The average Bonchev–Trinajstić information content (AvgIpc) is 3.44. The zero-order valence-electron chi connectivity index (χ0n) is 16.2. The minimum absolute atomic E-state index is 0.803. The second-order valence-electron chi connectivity index (χ2n) is 7.60. The maximum atomic E-state index is 5.26. The number of ether oxygens (including phenoxy) is 1. The summed E-state index contributed by atoms with van der Waals surface area (Å²) in [7, 11) is 1.68. The van der Waals surface area contributed by atoms with Crippen LogP contribution in [0.2, 0.25) is 0 Å². The molecule has 3 heterocycles. The van der Waals surface area contributed by atoms with Crippen LogP contribution in [0.3, 0.4) is 0 Å². The van der Waals surface area contributed by atoms with E-state index in [4.69, 9.17) is 9.11 Å². The number of aromatic nitrogens is 3. The zero-order chi connectivity index (χ0) is 18.9. The molecule has 2 fully saturated rings. The van der Waals surface area contributed by atoms with Gasteiger partial charge in [-0.25, -0.2) is 9.97 Å². The van der Waals surface area contributed by atoms with Crippen molar-refractivity contribution in [2.24, 2.45) is 0 Å². The van der Waals surface area contributed by atoms with Gasteiger partial charge in [0.1, 0.15) is 28.0 Å². The van der Waals surface area contributed by atoms with Gasteiger partial charge in [-0.15, -0.1) is 0 Å². The monoisotopic (exact) mass is 395 g/mol. The summed E-state index contributed by atoms with van der Waals surface area (Å²) in [6.07, 6.45) is 7.22. The first-order valence-corrected chi connectivity index (χ1v) is 10.8. The predicted octanol–water partition coefficient (Wildman–Crippen LogP) is 3.83. The Morgan fingerprint density at radius 3 is 2.46 bits per heavy atom. The molecule has 28 heavy (non-hydrogen) atoms. The first kappa shape index (κ1) is 17.8. The molecule has 0 unspecified atom stereocenters. The number of anilines is 1. The molecule has 0 bridgehead atoms. The molecule has 2 aliphatic rings. The molecule has 0 atom stereocenters. The van der Waals surface area contributed by atoms with Gasteiger partial charge in [0.05, 0.1) is 7.11 Å². The Balaban J connectivity index is 1.39. The maximum Gasteiger partial charge on any atom is 0.151 e. The fourth-order valence-corrected chi connectivity index (χ4v) is 5.36. The van der Waals surface area contributed by atoms with E-state index in [2.05, 4.69) is 19.8 Å². The van der Waals surface area contributed by atoms with Crippen molar-refractivity contribution in [3.05, 3.63) is 30.6 Å². The van der Waals surface area contributed by atoms with E-state index in [9.17, 15) is 0 Å². The van der Waals surface area contributed by atoms with Gasteiger partial charge in [-0.2, -0.15) is 4.37 Å². The largest absolute Gasteiger partial charge is 0.497 e. The third kappa shape index (κ3) is 3.22. The quantitative estimate of drug-likeness (QED) is 0.669. The molecule has 3 aromatic rings. The van der Waals surface area contributed by atoms with Crippen molar-refractivity contribution < 1.29 is 4.74 Å². The number of fused-ring (bicyclic) bond motifs is 1. The molecule has 5 rings (SSSR count). The number of benzene rings is 1. The lowest BCUT2D eigenvalue weighted by atomic mass is 10.1. The van der Waals surface area contributed by atoms with Crippen molar-refractivity contribution in [3.63, 3.8) is 0 Å². The molecule has 2 aromatic heterocycles. The summed E-state index contributed by atoms with van der Waals surface area (Å²) in [6.45, 7) is 4.30. The van der Waals surface area contributed by atoms with Crippen LogP contribution in [0.1, 0.15) is 25.7 Å². The number of piperazine rings is 1. The van der Waals surface area contributed by atoms with E-state index in [-0.39, 0.29) is 0 Å². The fourth-order valence-electron chi connectivity index (χ4n) is 4.48. The van der Waals surface area contributed by atoms with Gasteiger partial charge in [0.2, 0.25) is 0 Å². The third-order valence-corrected chi connectivity index (χ3v) is 6.89. The summed E-state index contributed by atoms with van der Waals surface area (Å²) in [5, 5.41) is 0. The van der Waals surface area contributed by atoms with Crippen LogP contribution in [-0.4, -0.2) is 58.6 Å². The van der Waals surface area contributed by atoms with Gasteiger partial charge in [0, 0.05) is 37.8 Å². The second kappa shape index (κ2) is 7.64. The normalized spacial score (nSPS) is 18.8. The zero-order valence-corrected chi connectivity index (χ0v) is 17.0.